The van der Waals surface area contributed by atoms with E-state index in [9.17, 15) is 0 Å². The van der Waals surface area contributed by atoms with Crippen molar-refractivity contribution >= 4 is 5.96 Å². The van der Waals surface area contributed by atoms with Crippen LogP contribution in [0.1, 0.15) is 12.0 Å². The molecule has 0 bridgehead atoms. The molecule has 0 radical (unpaired) electrons. The summed E-state index contributed by atoms with van der Waals surface area (Å²) >= 11 is 0. The first-order valence-corrected chi connectivity index (χ1v) is 8.47. The summed E-state index contributed by atoms with van der Waals surface area (Å²) in [4.78, 5) is 4.22. The Labute approximate surface area is 150 Å². The van der Waals surface area contributed by atoms with Gasteiger partial charge in [-0.25, -0.2) is 0 Å². The highest BCUT2D eigenvalue weighted by Crippen LogP contribution is 2.27. The maximum absolute atomic E-state index is 5.42. The number of ether oxygens (including phenoxy) is 4. The van der Waals surface area contributed by atoms with Gasteiger partial charge in [0, 0.05) is 33.9 Å². The fourth-order valence-corrected chi connectivity index (χ4v) is 2.21. The van der Waals surface area contributed by atoms with Crippen molar-refractivity contribution in [2.45, 2.75) is 12.8 Å². The first kappa shape index (κ1) is 21.1. The Bertz CT molecular complexity index is 509. The van der Waals surface area contributed by atoms with Crippen LogP contribution >= 0.6 is 0 Å². The Morgan fingerprint density at radius 1 is 0.960 bits per heavy atom. The van der Waals surface area contributed by atoms with E-state index >= 15 is 0 Å². The van der Waals surface area contributed by atoms with Crippen LogP contribution in [0.5, 0.6) is 11.5 Å². The predicted octanol–water partition coefficient (Wildman–Crippen LogP) is 1.46. The van der Waals surface area contributed by atoms with Crippen molar-refractivity contribution in [2.75, 3.05) is 61.3 Å². The van der Waals surface area contributed by atoms with E-state index in [0.717, 1.165) is 43.4 Å². The Morgan fingerprint density at radius 2 is 1.72 bits per heavy atom. The molecule has 0 aromatic heterocycles. The second-order valence-electron chi connectivity index (χ2n) is 5.32. The molecule has 0 aliphatic carbocycles. The van der Waals surface area contributed by atoms with Crippen LogP contribution in [0.25, 0.3) is 0 Å². The average molecular weight is 353 g/mol. The standard InChI is InChI=1S/C18H31N3O4/c1-19-18(20-9-5-11-25-13-12-22-2)21-10-8-15-6-7-16(23-3)17(14-15)24-4/h6-7,14H,5,8-13H2,1-4H3,(H2,19,20,21). The highest BCUT2D eigenvalue weighted by atomic mass is 16.5. The fraction of sp³-hybridized carbons (Fsp3) is 0.611. The summed E-state index contributed by atoms with van der Waals surface area (Å²) in [6.07, 6.45) is 1.78. The van der Waals surface area contributed by atoms with Crippen molar-refractivity contribution in [1.82, 2.24) is 10.6 Å². The number of nitrogens with zero attached hydrogens (tertiary/aromatic N) is 1. The normalized spacial score (nSPS) is 11.3. The molecule has 0 spiro atoms. The maximum atomic E-state index is 5.42. The summed E-state index contributed by atoms with van der Waals surface area (Å²) in [6.45, 7) is 3.56. The second-order valence-corrected chi connectivity index (χ2v) is 5.32. The molecule has 0 saturated carbocycles. The average Bonchev–Trinajstić information content (AvgIpc) is 2.65. The molecule has 142 valence electrons. The van der Waals surface area contributed by atoms with Gasteiger partial charge < -0.3 is 29.6 Å². The highest BCUT2D eigenvalue weighted by molar-refractivity contribution is 5.79. The molecule has 2 N–H and O–H groups in total. The predicted molar refractivity (Wildman–Crippen MR) is 99.9 cm³/mol. The quantitative estimate of drug-likeness (QED) is 0.337. The van der Waals surface area contributed by atoms with Gasteiger partial charge in [0.05, 0.1) is 27.4 Å². The fourth-order valence-electron chi connectivity index (χ4n) is 2.21. The smallest absolute Gasteiger partial charge is 0.190 e. The Kier molecular flexibility index (Phi) is 11.2. The van der Waals surface area contributed by atoms with Crippen molar-refractivity contribution in [3.05, 3.63) is 23.8 Å². The number of aliphatic imine (C=N–C) groups is 1. The number of hydrogen-bond donors (Lipinski definition) is 2. The number of benzene rings is 1. The van der Waals surface area contributed by atoms with E-state index in [1.165, 1.54) is 5.56 Å². The van der Waals surface area contributed by atoms with E-state index in [2.05, 4.69) is 15.6 Å². The van der Waals surface area contributed by atoms with E-state index in [4.69, 9.17) is 18.9 Å². The molecular formula is C18H31N3O4. The lowest BCUT2D eigenvalue weighted by atomic mass is 10.1. The van der Waals surface area contributed by atoms with Crippen LogP contribution in [-0.4, -0.2) is 67.2 Å². The molecule has 0 amide bonds. The van der Waals surface area contributed by atoms with Gasteiger partial charge in [0.15, 0.2) is 17.5 Å². The van der Waals surface area contributed by atoms with Crippen molar-refractivity contribution in [3.63, 3.8) is 0 Å². The number of rotatable bonds is 12. The lowest BCUT2D eigenvalue weighted by Crippen LogP contribution is -2.39. The molecule has 1 aromatic rings. The minimum absolute atomic E-state index is 0.632. The van der Waals surface area contributed by atoms with E-state index in [1.54, 1.807) is 28.4 Å². The van der Waals surface area contributed by atoms with Gasteiger partial charge in [-0.15, -0.1) is 0 Å². The van der Waals surface area contributed by atoms with Gasteiger partial charge in [0.25, 0.3) is 0 Å². The van der Waals surface area contributed by atoms with Crippen LogP contribution in [0, 0.1) is 0 Å². The molecule has 0 saturated heterocycles. The summed E-state index contributed by atoms with van der Waals surface area (Å²) in [6, 6.07) is 5.95. The third kappa shape index (κ3) is 8.60. The molecule has 0 heterocycles. The van der Waals surface area contributed by atoms with Crippen molar-refractivity contribution < 1.29 is 18.9 Å². The molecule has 0 aliphatic heterocycles. The zero-order chi connectivity index (χ0) is 18.3. The lowest BCUT2D eigenvalue weighted by molar-refractivity contribution is 0.0698. The summed E-state index contributed by atoms with van der Waals surface area (Å²) in [5.41, 5.74) is 1.17. The molecule has 25 heavy (non-hydrogen) atoms. The maximum Gasteiger partial charge on any atom is 0.190 e. The van der Waals surface area contributed by atoms with Crippen LogP contribution in [0.4, 0.5) is 0 Å². The lowest BCUT2D eigenvalue weighted by Gasteiger charge is -2.13. The van der Waals surface area contributed by atoms with Crippen LogP contribution in [-0.2, 0) is 15.9 Å². The van der Waals surface area contributed by atoms with Gasteiger partial charge in [-0.05, 0) is 30.5 Å². The third-order valence-electron chi connectivity index (χ3n) is 3.57. The van der Waals surface area contributed by atoms with Crippen LogP contribution in [0.15, 0.2) is 23.2 Å². The minimum atomic E-state index is 0.632. The van der Waals surface area contributed by atoms with Gasteiger partial charge in [-0.2, -0.15) is 0 Å². The Hall–Kier alpha value is -1.99. The zero-order valence-corrected chi connectivity index (χ0v) is 15.8. The summed E-state index contributed by atoms with van der Waals surface area (Å²) < 4.78 is 20.9. The molecule has 1 rings (SSSR count). The molecule has 0 atom stereocenters. The highest BCUT2D eigenvalue weighted by Gasteiger charge is 2.05. The molecule has 0 aliphatic rings. The van der Waals surface area contributed by atoms with Crippen molar-refractivity contribution in [2.24, 2.45) is 4.99 Å². The molecule has 0 fully saturated rings. The molecule has 1 aromatic carbocycles. The Morgan fingerprint density at radius 3 is 2.40 bits per heavy atom. The van der Waals surface area contributed by atoms with E-state index in [1.807, 2.05) is 18.2 Å². The van der Waals surface area contributed by atoms with E-state index in [-0.39, 0.29) is 0 Å². The molecule has 0 unspecified atom stereocenters. The number of methoxy groups -OCH3 is 3. The van der Waals surface area contributed by atoms with Crippen LogP contribution < -0.4 is 20.1 Å². The van der Waals surface area contributed by atoms with Gasteiger partial charge in [0.2, 0.25) is 0 Å². The van der Waals surface area contributed by atoms with Gasteiger partial charge >= 0.3 is 0 Å². The first-order chi connectivity index (χ1) is 12.2. The van der Waals surface area contributed by atoms with Gasteiger partial charge in [0.1, 0.15) is 0 Å². The number of guanidine groups is 1. The molecule has 7 heteroatoms. The van der Waals surface area contributed by atoms with Gasteiger partial charge in [-0.1, -0.05) is 6.07 Å². The van der Waals surface area contributed by atoms with Crippen molar-refractivity contribution in [3.8, 4) is 11.5 Å². The molecule has 7 nitrogen and oxygen atoms in total. The zero-order valence-electron chi connectivity index (χ0n) is 15.8. The third-order valence-corrected chi connectivity index (χ3v) is 3.57. The SMILES string of the molecule is CN=C(NCCCOCCOC)NCCc1ccc(OC)c(OC)c1. The van der Waals surface area contributed by atoms with E-state index in [0.29, 0.717) is 19.8 Å². The minimum Gasteiger partial charge on any atom is -0.493 e. The summed E-state index contributed by atoms with van der Waals surface area (Å²) in [7, 11) is 6.71. The Balaban J connectivity index is 2.24. The van der Waals surface area contributed by atoms with Gasteiger partial charge in [-0.3, -0.25) is 4.99 Å². The molecular weight excluding hydrogens is 322 g/mol. The van der Waals surface area contributed by atoms with E-state index < -0.39 is 0 Å². The first-order valence-electron chi connectivity index (χ1n) is 8.47. The second kappa shape index (κ2) is 13.3. The van der Waals surface area contributed by atoms with Crippen LogP contribution in [0.3, 0.4) is 0 Å². The largest absolute Gasteiger partial charge is 0.493 e. The summed E-state index contributed by atoms with van der Waals surface area (Å²) in [5, 5.41) is 6.57. The monoisotopic (exact) mass is 353 g/mol. The topological polar surface area (TPSA) is 73.3 Å². The van der Waals surface area contributed by atoms with Crippen molar-refractivity contribution in [1.29, 1.82) is 0 Å². The number of hydrogen-bond acceptors (Lipinski definition) is 5. The van der Waals surface area contributed by atoms with Crippen LogP contribution in [0.2, 0.25) is 0 Å². The number of nitrogens with one attached hydrogen (secondary N) is 2. The summed E-state index contributed by atoms with van der Waals surface area (Å²) in [5.74, 6) is 2.28.